The van der Waals surface area contributed by atoms with Crippen LogP contribution in [0.5, 0.6) is 5.75 Å². The molecule has 1 aromatic carbocycles. The number of anilines is 1. The Morgan fingerprint density at radius 1 is 1.31 bits per heavy atom. The molecule has 0 spiro atoms. The van der Waals surface area contributed by atoms with Crippen molar-refractivity contribution in [1.29, 1.82) is 5.26 Å². The summed E-state index contributed by atoms with van der Waals surface area (Å²) in [5.41, 5.74) is 1.54. The molecule has 0 saturated heterocycles. The van der Waals surface area contributed by atoms with Crippen molar-refractivity contribution < 1.29 is 4.74 Å². The van der Waals surface area contributed by atoms with Crippen LogP contribution in [0.4, 0.5) is 5.69 Å². The van der Waals surface area contributed by atoms with Gasteiger partial charge in [-0.05, 0) is 25.0 Å². The standard InChI is InChI=1S/C13H18N2O/c1-9(2)10(3)15-12-6-5-11(8-14)7-13(12)16-4/h5-7,9-10,15H,1-4H3. The Morgan fingerprint density at radius 2 is 2.00 bits per heavy atom. The summed E-state index contributed by atoms with van der Waals surface area (Å²) in [6.45, 7) is 6.45. The maximum atomic E-state index is 8.79. The molecule has 0 aliphatic heterocycles. The Bertz CT molecular complexity index is 393. The van der Waals surface area contributed by atoms with Crippen LogP contribution >= 0.6 is 0 Å². The highest BCUT2D eigenvalue weighted by Crippen LogP contribution is 2.26. The summed E-state index contributed by atoms with van der Waals surface area (Å²) in [6.07, 6.45) is 0. The van der Waals surface area contributed by atoms with Crippen LogP contribution in [0.15, 0.2) is 18.2 Å². The summed E-state index contributed by atoms with van der Waals surface area (Å²) in [4.78, 5) is 0. The van der Waals surface area contributed by atoms with Crippen molar-refractivity contribution in [3.8, 4) is 11.8 Å². The molecular weight excluding hydrogens is 200 g/mol. The van der Waals surface area contributed by atoms with Crippen LogP contribution in [-0.2, 0) is 0 Å². The zero-order valence-corrected chi connectivity index (χ0v) is 10.2. The molecular formula is C13H18N2O. The largest absolute Gasteiger partial charge is 0.495 e. The second kappa shape index (κ2) is 5.41. The lowest BCUT2D eigenvalue weighted by molar-refractivity contribution is 0.415. The number of nitrogens with zero attached hydrogens (tertiary/aromatic N) is 1. The molecule has 0 aromatic heterocycles. The van der Waals surface area contributed by atoms with Gasteiger partial charge in [-0.3, -0.25) is 0 Å². The first kappa shape index (κ1) is 12.4. The van der Waals surface area contributed by atoms with Gasteiger partial charge in [0.2, 0.25) is 0 Å². The molecule has 16 heavy (non-hydrogen) atoms. The predicted molar refractivity (Wildman–Crippen MR) is 65.6 cm³/mol. The Morgan fingerprint density at radius 3 is 2.50 bits per heavy atom. The summed E-state index contributed by atoms with van der Waals surface area (Å²) in [5.74, 6) is 1.26. The zero-order chi connectivity index (χ0) is 12.1. The van der Waals surface area contributed by atoms with Crippen molar-refractivity contribution in [2.24, 2.45) is 5.92 Å². The zero-order valence-electron chi connectivity index (χ0n) is 10.2. The van der Waals surface area contributed by atoms with E-state index >= 15 is 0 Å². The van der Waals surface area contributed by atoms with E-state index in [1.807, 2.05) is 6.07 Å². The van der Waals surface area contributed by atoms with Crippen molar-refractivity contribution in [2.75, 3.05) is 12.4 Å². The van der Waals surface area contributed by atoms with E-state index in [1.54, 1.807) is 19.2 Å². The first-order valence-corrected chi connectivity index (χ1v) is 5.43. The van der Waals surface area contributed by atoms with Crippen LogP contribution in [0, 0.1) is 17.2 Å². The van der Waals surface area contributed by atoms with Gasteiger partial charge in [-0.2, -0.15) is 5.26 Å². The summed E-state index contributed by atoms with van der Waals surface area (Å²) in [5, 5.41) is 12.2. The molecule has 0 saturated carbocycles. The summed E-state index contributed by atoms with van der Waals surface area (Å²) in [6, 6.07) is 7.88. The highest BCUT2D eigenvalue weighted by Gasteiger charge is 2.10. The van der Waals surface area contributed by atoms with E-state index in [-0.39, 0.29) is 0 Å². The second-order valence-corrected chi connectivity index (χ2v) is 4.20. The van der Waals surface area contributed by atoms with Gasteiger partial charge in [-0.15, -0.1) is 0 Å². The molecule has 1 N–H and O–H groups in total. The number of benzene rings is 1. The van der Waals surface area contributed by atoms with Crippen molar-refractivity contribution in [3.05, 3.63) is 23.8 Å². The van der Waals surface area contributed by atoms with Crippen molar-refractivity contribution >= 4 is 5.69 Å². The molecule has 0 radical (unpaired) electrons. The molecule has 0 heterocycles. The molecule has 0 fully saturated rings. The molecule has 1 unspecified atom stereocenters. The Labute approximate surface area is 97.0 Å². The summed E-state index contributed by atoms with van der Waals surface area (Å²) < 4.78 is 5.25. The average molecular weight is 218 g/mol. The van der Waals surface area contributed by atoms with E-state index in [4.69, 9.17) is 10.00 Å². The fourth-order valence-electron chi connectivity index (χ4n) is 1.29. The van der Waals surface area contributed by atoms with E-state index in [0.717, 1.165) is 5.69 Å². The van der Waals surface area contributed by atoms with E-state index < -0.39 is 0 Å². The van der Waals surface area contributed by atoms with Gasteiger partial charge in [0.15, 0.2) is 0 Å². The summed E-state index contributed by atoms with van der Waals surface area (Å²) in [7, 11) is 1.61. The van der Waals surface area contributed by atoms with Gasteiger partial charge in [0.05, 0.1) is 24.4 Å². The third-order valence-electron chi connectivity index (χ3n) is 2.71. The predicted octanol–water partition coefficient (Wildman–Crippen LogP) is 3.02. The highest BCUT2D eigenvalue weighted by molar-refractivity contribution is 5.59. The Hall–Kier alpha value is -1.69. The first-order valence-electron chi connectivity index (χ1n) is 5.43. The van der Waals surface area contributed by atoms with Crippen LogP contribution in [0.1, 0.15) is 26.3 Å². The third-order valence-corrected chi connectivity index (χ3v) is 2.71. The van der Waals surface area contributed by atoms with Crippen LogP contribution in [0.2, 0.25) is 0 Å². The van der Waals surface area contributed by atoms with Gasteiger partial charge in [-0.25, -0.2) is 0 Å². The van der Waals surface area contributed by atoms with Crippen LogP contribution in [0.3, 0.4) is 0 Å². The molecule has 0 amide bonds. The molecule has 0 aliphatic carbocycles. The number of ether oxygens (including phenoxy) is 1. The Kier molecular flexibility index (Phi) is 4.19. The third kappa shape index (κ3) is 2.90. The number of hydrogen-bond donors (Lipinski definition) is 1. The van der Waals surface area contributed by atoms with Gasteiger partial charge in [0.1, 0.15) is 5.75 Å². The monoisotopic (exact) mass is 218 g/mol. The number of nitriles is 1. The minimum absolute atomic E-state index is 0.363. The maximum Gasteiger partial charge on any atom is 0.143 e. The molecule has 86 valence electrons. The molecule has 0 bridgehead atoms. The van der Waals surface area contributed by atoms with E-state index in [9.17, 15) is 0 Å². The van der Waals surface area contributed by atoms with Gasteiger partial charge < -0.3 is 10.1 Å². The minimum atomic E-state index is 0.363. The van der Waals surface area contributed by atoms with Crippen molar-refractivity contribution in [1.82, 2.24) is 0 Å². The van der Waals surface area contributed by atoms with E-state index in [1.165, 1.54) is 0 Å². The lowest BCUT2D eigenvalue weighted by atomic mass is 10.1. The fraction of sp³-hybridized carbons (Fsp3) is 0.462. The second-order valence-electron chi connectivity index (χ2n) is 4.20. The minimum Gasteiger partial charge on any atom is -0.495 e. The van der Waals surface area contributed by atoms with Crippen molar-refractivity contribution in [2.45, 2.75) is 26.8 Å². The molecule has 3 nitrogen and oxygen atoms in total. The topological polar surface area (TPSA) is 45.0 Å². The lowest BCUT2D eigenvalue weighted by Crippen LogP contribution is -2.21. The van der Waals surface area contributed by atoms with Crippen LogP contribution in [0.25, 0.3) is 0 Å². The SMILES string of the molecule is COc1cc(C#N)ccc1NC(C)C(C)C. The van der Waals surface area contributed by atoms with Gasteiger partial charge in [0.25, 0.3) is 0 Å². The summed E-state index contributed by atoms with van der Waals surface area (Å²) >= 11 is 0. The van der Waals surface area contributed by atoms with E-state index in [0.29, 0.717) is 23.3 Å². The quantitative estimate of drug-likeness (QED) is 0.844. The maximum absolute atomic E-state index is 8.79. The normalized spacial score (nSPS) is 12.0. The van der Waals surface area contributed by atoms with Gasteiger partial charge in [0, 0.05) is 12.1 Å². The van der Waals surface area contributed by atoms with Gasteiger partial charge in [-0.1, -0.05) is 13.8 Å². The average Bonchev–Trinajstić information content (AvgIpc) is 2.29. The number of methoxy groups -OCH3 is 1. The van der Waals surface area contributed by atoms with Crippen LogP contribution < -0.4 is 10.1 Å². The molecule has 1 atom stereocenters. The fourth-order valence-corrected chi connectivity index (χ4v) is 1.29. The Balaban J connectivity index is 2.92. The smallest absolute Gasteiger partial charge is 0.143 e. The number of hydrogen-bond acceptors (Lipinski definition) is 3. The number of rotatable bonds is 4. The lowest BCUT2D eigenvalue weighted by Gasteiger charge is -2.20. The van der Waals surface area contributed by atoms with Crippen LogP contribution in [-0.4, -0.2) is 13.2 Å². The highest BCUT2D eigenvalue weighted by atomic mass is 16.5. The molecule has 0 aliphatic rings. The van der Waals surface area contributed by atoms with E-state index in [2.05, 4.69) is 32.2 Å². The molecule has 3 heteroatoms. The van der Waals surface area contributed by atoms with Crippen molar-refractivity contribution in [3.63, 3.8) is 0 Å². The molecule has 1 aromatic rings. The first-order chi connectivity index (χ1) is 7.58. The molecule has 1 rings (SSSR count). The van der Waals surface area contributed by atoms with Gasteiger partial charge >= 0.3 is 0 Å². The number of nitrogens with one attached hydrogen (secondary N) is 1.